The van der Waals surface area contributed by atoms with Gasteiger partial charge in [-0.2, -0.15) is 0 Å². The van der Waals surface area contributed by atoms with Crippen molar-refractivity contribution in [3.63, 3.8) is 0 Å². The van der Waals surface area contributed by atoms with E-state index in [4.69, 9.17) is 38.6 Å². The molecule has 0 aliphatic rings. The summed E-state index contributed by atoms with van der Waals surface area (Å²) in [5, 5.41) is 13.7. The van der Waals surface area contributed by atoms with E-state index in [1.165, 1.54) is 0 Å². The lowest BCUT2D eigenvalue weighted by Crippen LogP contribution is -2.29. The maximum Gasteiger partial charge on any atom is 0.170 e. The van der Waals surface area contributed by atoms with E-state index in [1.54, 1.807) is 14.2 Å². The average molecular weight is 463 g/mol. The average Bonchev–Trinajstić information content (AvgIpc) is 2.77. The van der Waals surface area contributed by atoms with Crippen LogP contribution in [-0.2, 0) is 9.47 Å². The Labute approximate surface area is 194 Å². The highest BCUT2D eigenvalue weighted by Crippen LogP contribution is 2.24. The maximum absolute atomic E-state index is 5.90. The molecule has 0 aromatic heterocycles. The topological polar surface area (TPSA) is 75.8 Å². The molecule has 0 atom stereocenters. The minimum Gasteiger partial charge on any atom is -0.457 e. The van der Waals surface area contributed by atoms with Crippen LogP contribution in [0.4, 0.5) is 11.4 Å². The predicted molar refractivity (Wildman–Crippen MR) is 134 cm³/mol. The molecule has 0 aliphatic heterocycles. The van der Waals surface area contributed by atoms with Crippen molar-refractivity contribution in [1.29, 1.82) is 0 Å². The number of anilines is 2. The van der Waals surface area contributed by atoms with Gasteiger partial charge in [0.05, 0.1) is 0 Å². The molecule has 2 aromatic rings. The zero-order valence-corrected chi connectivity index (χ0v) is 19.5. The molecule has 0 amide bonds. The molecule has 0 radical (unpaired) electrons. The summed E-state index contributed by atoms with van der Waals surface area (Å²) in [4.78, 5) is 0. The van der Waals surface area contributed by atoms with Crippen molar-refractivity contribution in [2.24, 2.45) is 0 Å². The van der Waals surface area contributed by atoms with E-state index in [-0.39, 0.29) is 0 Å². The van der Waals surface area contributed by atoms with Crippen LogP contribution in [0.1, 0.15) is 12.8 Å². The van der Waals surface area contributed by atoms with Crippen LogP contribution in [0.15, 0.2) is 48.5 Å². The van der Waals surface area contributed by atoms with Crippen molar-refractivity contribution >= 4 is 46.0 Å². The predicted octanol–water partition coefficient (Wildman–Crippen LogP) is 4.12. The lowest BCUT2D eigenvalue weighted by atomic mass is 10.3. The second-order valence-corrected chi connectivity index (χ2v) is 7.42. The Hall–Kier alpha value is -2.46. The van der Waals surface area contributed by atoms with Gasteiger partial charge in [0.2, 0.25) is 0 Å². The first-order valence-corrected chi connectivity index (χ1v) is 10.9. The molecule has 0 bridgehead atoms. The number of ether oxygens (including phenoxy) is 3. The van der Waals surface area contributed by atoms with Gasteiger partial charge in [-0.25, -0.2) is 0 Å². The summed E-state index contributed by atoms with van der Waals surface area (Å²) in [6.07, 6.45) is 1.80. The zero-order chi connectivity index (χ0) is 22.3. The molecule has 9 heteroatoms. The van der Waals surface area contributed by atoms with E-state index in [1.807, 2.05) is 48.5 Å². The third-order valence-corrected chi connectivity index (χ3v) is 4.57. The third-order valence-electron chi connectivity index (χ3n) is 4.08. The fraction of sp³-hybridized carbons (Fsp3) is 0.364. The summed E-state index contributed by atoms with van der Waals surface area (Å²) in [5.74, 6) is 1.47. The molecule has 0 saturated carbocycles. The van der Waals surface area contributed by atoms with Gasteiger partial charge in [0.15, 0.2) is 10.2 Å². The quantitative estimate of drug-likeness (QED) is 0.275. The standard InChI is InChI=1S/C22H30N4O3S2/c1-27-15-3-13-23-21(30)25-17-5-9-19(10-6-17)29-20-11-7-18(8-12-20)26-22(31)24-14-4-16-28-2/h5-12H,3-4,13-16H2,1-2H3,(H2,23,25,30)(H2,24,26,31). The molecular formula is C22H30N4O3S2. The van der Waals surface area contributed by atoms with Crippen molar-refractivity contribution in [1.82, 2.24) is 10.6 Å². The molecule has 31 heavy (non-hydrogen) atoms. The molecular weight excluding hydrogens is 432 g/mol. The Bertz CT molecular complexity index is 734. The lowest BCUT2D eigenvalue weighted by Gasteiger charge is -2.12. The molecule has 168 valence electrons. The largest absolute Gasteiger partial charge is 0.457 e. The SMILES string of the molecule is COCCCNC(=S)Nc1ccc(Oc2ccc(NC(=S)NCCCOC)cc2)cc1. The fourth-order valence-electron chi connectivity index (χ4n) is 2.54. The van der Waals surface area contributed by atoms with Crippen LogP contribution in [0, 0.1) is 0 Å². The van der Waals surface area contributed by atoms with Gasteiger partial charge in [0, 0.05) is 51.9 Å². The summed E-state index contributed by atoms with van der Waals surface area (Å²) in [5.41, 5.74) is 1.78. The maximum atomic E-state index is 5.90. The third kappa shape index (κ3) is 10.4. The van der Waals surface area contributed by atoms with E-state index in [0.717, 1.165) is 48.8 Å². The lowest BCUT2D eigenvalue weighted by molar-refractivity contribution is 0.195. The highest BCUT2D eigenvalue weighted by Gasteiger charge is 2.02. The van der Waals surface area contributed by atoms with E-state index < -0.39 is 0 Å². The molecule has 0 fully saturated rings. The Morgan fingerprint density at radius 2 is 1.06 bits per heavy atom. The van der Waals surface area contributed by atoms with Gasteiger partial charge in [0.25, 0.3) is 0 Å². The van der Waals surface area contributed by atoms with E-state index in [0.29, 0.717) is 23.4 Å². The molecule has 0 saturated heterocycles. The molecule has 0 spiro atoms. The first-order valence-electron chi connectivity index (χ1n) is 10.1. The fourth-order valence-corrected chi connectivity index (χ4v) is 2.98. The van der Waals surface area contributed by atoms with E-state index in [2.05, 4.69) is 21.3 Å². The molecule has 0 unspecified atom stereocenters. The molecule has 0 heterocycles. The van der Waals surface area contributed by atoms with Crippen LogP contribution >= 0.6 is 24.4 Å². The van der Waals surface area contributed by atoms with E-state index >= 15 is 0 Å². The van der Waals surface area contributed by atoms with Gasteiger partial charge in [-0.3, -0.25) is 0 Å². The van der Waals surface area contributed by atoms with Crippen LogP contribution < -0.4 is 26.0 Å². The van der Waals surface area contributed by atoms with Crippen LogP contribution in [-0.4, -0.2) is 50.7 Å². The molecule has 4 N–H and O–H groups in total. The van der Waals surface area contributed by atoms with Crippen LogP contribution in [0.2, 0.25) is 0 Å². The van der Waals surface area contributed by atoms with Crippen molar-refractivity contribution in [3.8, 4) is 11.5 Å². The number of rotatable bonds is 12. The monoisotopic (exact) mass is 462 g/mol. The number of hydrogen-bond acceptors (Lipinski definition) is 5. The Morgan fingerprint density at radius 1 is 0.677 bits per heavy atom. The van der Waals surface area contributed by atoms with E-state index in [9.17, 15) is 0 Å². The molecule has 7 nitrogen and oxygen atoms in total. The van der Waals surface area contributed by atoms with Gasteiger partial charge in [-0.15, -0.1) is 0 Å². The van der Waals surface area contributed by atoms with Gasteiger partial charge in [-0.1, -0.05) is 0 Å². The summed E-state index contributed by atoms with van der Waals surface area (Å²) in [7, 11) is 3.37. The van der Waals surface area contributed by atoms with Crippen molar-refractivity contribution < 1.29 is 14.2 Å². The molecule has 2 rings (SSSR count). The van der Waals surface area contributed by atoms with Crippen molar-refractivity contribution in [2.75, 3.05) is 51.2 Å². The smallest absolute Gasteiger partial charge is 0.170 e. The Balaban J connectivity index is 1.76. The normalized spacial score (nSPS) is 10.3. The summed E-state index contributed by atoms with van der Waals surface area (Å²) in [6, 6.07) is 15.2. The highest BCUT2D eigenvalue weighted by atomic mass is 32.1. The number of thiocarbonyl (C=S) groups is 2. The first-order chi connectivity index (χ1) is 15.1. The van der Waals surface area contributed by atoms with Crippen molar-refractivity contribution in [3.05, 3.63) is 48.5 Å². The van der Waals surface area contributed by atoms with Crippen LogP contribution in [0.5, 0.6) is 11.5 Å². The van der Waals surface area contributed by atoms with Gasteiger partial charge in [-0.05, 0) is 85.8 Å². The molecule has 2 aromatic carbocycles. The Kier molecular flexibility index (Phi) is 11.6. The first kappa shape index (κ1) is 24.8. The second kappa shape index (κ2) is 14.5. The minimum atomic E-state index is 0.582. The number of nitrogens with one attached hydrogen (secondary N) is 4. The van der Waals surface area contributed by atoms with Crippen molar-refractivity contribution in [2.45, 2.75) is 12.8 Å². The zero-order valence-electron chi connectivity index (χ0n) is 17.9. The summed E-state index contributed by atoms with van der Waals surface area (Å²) >= 11 is 10.6. The Morgan fingerprint density at radius 3 is 1.42 bits per heavy atom. The van der Waals surface area contributed by atoms with Crippen LogP contribution in [0.3, 0.4) is 0 Å². The number of methoxy groups -OCH3 is 2. The molecule has 0 aliphatic carbocycles. The van der Waals surface area contributed by atoms with Gasteiger partial charge >= 0.3 is 0 Å². The number of hydrogen-bond donors (Lipinski definition) is 4. The van der Waals surface area contributed by atoms with Crippen LogP contribution in [0.25, 0.3) is 0 Å². The summed E-state index contributed by atoms with van der Waals surface area (Å²) < 4.78 is 15.9. The summed E-state index contributed by atoms with van der Waals surface area (Å²) in [6.45, 7) is 2.94. The minimum absolute atomic E-state index is 0.582. The van der Waals surface area contributed by atoms with Gasteiger partial charge < -0.3 is 35.5 Å². The number of benzene rings is 2. The highest BCUT2D eigenvalue weighted by molar-refractivity contribution is 7.80. The second-order valence-electron chi connectivity index (χ2n) is 6.61. The van der Waals surface area contributed by atoms with Gasteiger partial charge in [0.1, 0.15) is 11.5 Å².